The molecule has 0 saturated carbocycles. The number of aromatic nitrogens is 2. The first-order valence-electron chi connectivity index (χ1n) is 5.72. The molecule has 0 aliphatic heterocycles. The lowest BCUT2D eigenvalue weighted by Gasteiger charge is -2.24. The van der Waals surface area contributed by atoms with E-state index in [2.05, 4.69) is 9.97 Å². The molecular formula is C12H14N2O2S2. The van der Waals surface area contributed by atoms with E-state index in [0.29, 0.717) is 18.5 Å². The molecule has 18 heavy (non-hydrogen) atoms. The van der Waals surface area contributed by atoms with Crippen LogP contribution < -0.4 is 0 Å². The Labute approximate surface area is 113 Å². The van der Waals surface area contributed by atoms with Crippen LogP contribution in [0.5, 0.6) is 0 Å². The molecule has 0 fully saturated rings. The molecule has 2 aromatic rings. The van der Waals surface area contributed by atoms with E-state index in [0.717, 1.165) is 9.88 Å². The van der Waals surface area contributed by atoms with Gasteiger partial charge in [0.1, 0.15) is 10.4 Å². The zero-order valence-electron chi connectivity index (χ0n) is 10.2. The van der Waals surface area contributed by atoms with Crippen molar-refractivity contribution < 1.29 is 9.90 Å². The third-order valence-corrected chi connectivity index (χ3v) is 5.04. The van der Waals surface area contributed by atoms with Crippen LogP contribution in [0, 0.1) is 0 Å². The minimum atomic E-state index is -0.862. The van der Waals surface area contributed by atoms with Gasteiger partial charge in [0.25, 0.3) is 0 Å². The number of aliphatic carboxylic acids is 1. The van der Waals surface area contributed by atoms with Crippen molar-refractivity contribution in [3.8, 4) is 9.88 Å². The number of carbonyl (C=O) groups is 1. The number of hydrogen-bond donors (Lipinski definition) is 1. The second-order valence-corrected chi connectivity index (χ2v) is 5.74. The van der Waals surface area contributed by atoms with Crippen LogP contribution in [0.1, 0.15) is 32.4 Å². The highest BCUT2D eigenvalue weighted by Crippen LogP contribution is 2.36. The Kier molecular flexibility index (Phi) is 3.77. The SMILES string of the molecule is CCC(CC)(C(=O)O)c1csc(-c2cncs2)n1. The fourth-order valence-electron chi connectivity index (χ4n) is 1.95. The highest BCUT2D eigenvalue weighted by atomic mass is 32.1. The summed E-state index contributed by atoms with van der Waals surface area (Å²) in [5.41, 5.74) is 1.55. The van der Waals surface area contributed by atoms with Crippen LogP contribution in [0.2, 0.25) is 0 Å². The molecular weight excluding hydrogens is 268 g/mol. The Morgan fingerprint density at radius 1 is 1.39 bits per heavy atom. The Morgan fingerprint density at radius 2 is 2.11 bits per heavy atom. The monoisotopic (exact) mass is 282 g/mol. The predicted octanol–water partition coefficient (Wildman–Crippen LogP) is 3.41. The van der Waals surface area contributed by atoms with Gasteiger partial charge in [-0.05, 0) is 12.8 Å². The average molecular weight is 282 g/mol. The molecule has 6 heteroatoms. The van der Waals surface area contributed by atoms with Gasteiger partial charge in [0.2, 0.25) is 0 Å². The van der Waals surface area contributed by atoms with Gasteiger partial charge in [0.15, 0.2) is 0 Å². The van der Waals surface area contributed by atoms with Crippen molar-refractivity contribution in [1.29, 1.82) is 0 Å². The van der Waals surface area contributed by atoms with Gasteiger partial charge in [0, 0.05) is 11.6 Å². The van der Waals surface area contributed by atoms with Crippen molar-refractivity contribution in [3.05, 3.63) is 22.8 Å². The summed E-state index contributed by atoms with van der Waals surface area (Å²) in [4.78, 5) is 21.0. The second kappa shape index (κ2) is 5.16. The highest BCUT2D eigenvalue weighted by Gasteiger charge is 2.39. The van der Waals surface area contributed by atoms with Crippen molar-refractivity contribution in [2.45, 2.75) is 32.1 Å². The quantitative estimate of drug-likeness (QED) is 0.912. The average Bonchev–Trinajstić information content (AvgIpc) is 3.01. The Balaban J connectivity index is 2.42. The van der Waals surface area contributed by atoms with Crippen LogP contribution >= 0.6 is 22.7 Å². The van der Waals surface area contributed by atoms with Crippen LogP contribution in [0.15, 0.2) is 17.1 Å². The van der Waals surface area contributed by atoms with E-state index < -0.39 is 11.4 Å². The van der Waals surface area contributed by atoms with Crippen molar-refractivity contribution in [2.75, 3.05) is 0 Å². The number of carboxylic acid groups (broad SMARTS) is 1. The van der Waals surface area contributed by atoms with Gasteiger partial charge in [-0.15, -0.1) is 22.7 Å². The van der Waals surface area contributed by atoms with E-state index in [4.69, 9.17) is 0 Å². The summed E-state index contributed by atoms with van der Waals surface area (Å²) in [6, 6.07) is 0. The molecule has 0 aliphatic rings. The largest absolute Gasteiger partial charge is 0.481 e. The summed E-state index contributed by atoms with van der Waals surface area (Å²) in [6.07, 6.45) is 2.85. The molecule has 0 spiro atoms. The van der Waals surface area contributed by atoms with E-state index in [1.54, 1.807) is 11.7 Å². The van der Waals surface area contributed by atoms with E-state index in [-0.39, 0.29) is 0 Å². The van der Waals surface area contributed by atoms with Gasteiger partial charge < -0.3 is 5.11 Å². The molecule has 2 aromatic heterocycles. The van der Waals surface area contributed by atoms with E-state index in [9.17, 15) is 9.90 Å². The third kappa shape index (κ3) is 2.06. The summed E-state index contributed by atoms with van der Waals surface area (Å²) >= 11 is 2.99. The molecule has 0 aliphatic carbocycles. The molecule has 96 valence electrons. The minimum Gasteiger partial charge on any atom is -0.481 e. The molecule has 0 unspecified atom stereocenters. The molecule has 4 nitrogen and oxygen atoms in total. The Morgan fingerprint density at radius 3 is 2.61 bits per heavy atom. The first-order valence-corrected chi connectivity index (χ1v) is 7.48. The van der Waals surface area contributed by atoms with Crippen LogP contribution in [-0.4, -0.2) is 21.0 Å². The summed E-state index contributed by atoms with van der Waals surface area (Å²) < 4.78 is 0. The van der Waals surface area contributed by atoms with Crippen molar-refractivity contribution in [1.82, 2.24) is 9.97 Å². The van der Waals surface area contributed by atoms with E-state index in [1.807, 2.05) is 19.2 Å². The maximum Gasteiger partial charge on any atom is 0.315 e. The highest BCUT2D eigenvalue weighted by molar-refractivity contribution is 7.19. The number of hydrogen-bond acceptors (Lipinski definition) is 5. The lowest BCUT2D eigenvalue weighted by molar-refractivity contribution is -0.144. The number of nitrogens with zero attached hydrogens (tertiary/aromatic N) is 2. The summed E-state index contributed by atoms with van der Waals surface area (Å²) in [6.45, 7) is 3.78. The zero-order chi connectivity index (χ0) is 13.2. The van der Waals surface area contributed by atoms with Crippen molar-refractivity contribution >= 4 is 28.6 Å². The first kappa shape index (κ1) is 13.2. The summed E-state index contributed by atoms with van der Waals surface area (Å²) in [5.74, 6) is -0.798. The molecule has 0 atom stereocenters. The van der Waals surface area contributed by atoms with Crippen LogP contribution in [0.3, 0.4) is 0 Å². The molecule has 0 radical (unpaired) electrons. The normalized spacial score (nSPS) is 11.7. The smallest absolute Gasteiger partial charge is 0.315 e. The number of thiazole rings is 2. The lowest BCUT2D eigenvalue weighted by Crippen LogP contribution is -2.34. The van der Waals surface area contributed by atoms with Gasteiger partial charge in [-0.1, -0.05) is 13.8 Å². The number of carboxylic acids is 1. The standard InChI is InChI=1S/C12H14N2O2S2/c1-3-12(4-2,11(15)16)9-6-17-10(14-9)8-5-13-7-18-8/h5-7H,3-4H2,1-2H3,(H,15,16). The molecule has 0 aromatic carbocycles. The summed E-state index contributed by atoms with van der Waals surface area (Å²) in [5, 5.41) is 12.2. The van der Waals surface area contributed by atoms with Gasteiger partial charge in [-0.2, -0.15) is 0 Å². The molecule has 1 N–H and O–H groups in total. The Bertz CT molecular complexity index is 530. The first-order chi connectivity index (χ1) is 8.64. The molecule has 0 bridgehead atoms. The minimum absolute atomic E-state index is 0.546. The fraction of sp³-hybridized carbons (Fsp3) is 0.417. The fourth-order valence-corrected chi connectivity index (χ4v) is 3.57. The molecule has 2 heterocycles. The van der Waals surface area contributed by atoms with Crippen molar-refractivity contribution in [2.24, 2.45) is 0 Å². The topological polar surface area (TPSA) is 63.1 Å². The van der Waals surface area contributed by atoms with E-state index >= 15 is 0 Å². The van der Waals surface area contributed by atoms with E-state index in [1.165, 1.54) is 22.7 Å². The molecule has 0 saturated heterocycles. The van der Waals surface area contributed by atoms with Crippen LogP contribution in [0.25, 0.3) is 9.88 Å². The number of rotatable bonds is 5. The van der Waals surface area contributed by atoms with Gasteiger partial charge >= 0.3 is 5.97 Å². The van der Waals surface area contributed by atoms with Crippen molar-refractivity contribution in [3.63, 3.8) is 0 Å². The lowest BCUT2D eigenvalue weighted by atomic mass is 9.80. The van der Waals surface area contributed by atoms with Crippen LogP contribution in [0.4, 0.5) is 0 Å². The van der Waals surface area contributed by atoms with Crippen LogP contribution in [-0.2, 0) is 10.2 Å². The van der Waals surface area contributed by atoms with Gasteiger partial charge in [-0.3, -0.25) is 9.78 Å². The van der Waals surface area contributed by atoms with Gasteiger partial charge in [0.05, 0.1) is 16.1 Å². The predicted molar refractivity (Wildman–Crippen MR) is 73.1 cm³/mol. The maximum atomic E-state index is 11.5. The molecule has 2 rings (SSSR count). The maximum absolute atomic E-state index is 11.5. The molecule has 0 amide bonds. The zero-order valence-corrected chi connectivity index (χ0v) is 11.8. The summed E-state index contributed by atoms with van der Waals surface area (Å²) in [7, 11) is 0. The second-order valence-electron chi connectivity index (χ2n) is 4.00. The Hall–Kier alpha value is -1.27. The third-order valence-electron chi connectivity index (χ3n) is 3.25. The van der Waals surface area contributed by atoms with Gasteiger partial charge in [-0.25, -0.2) is 4.98 Å².